The van der Waals surface area contributed by atoms with Crippen LogP contribution in [0.1, 0.15) is 20.3 Å². The maximum Gasteiger partial charge on any atom is 0.405 e. The molecule has 0 bridgehead atoms. The Hall–Kier alpha value is -2.95. The third-order valence-corrected chi connectivity index (χ3v) is 4.74. The Morgan fingerprint density at radius 1 is 1.27 bits per heavy atom. The maximum atomic E-state index is 14.4. The van der Waals surface area contributed by atoms with E-state index in [-0.39, 0.29) is 18.1 Å². The van der Waals surface area contributed by atoms with Crippen molar-refractivity contribution in [3.8, 4) is 11.4 Å². The standard InChI is InChI=1S/C18H17ClF4N6O/c1-3-17(2,16(30)27-8-18(21,22)23)29-15-12(20)7-26-14(28-15)11-6-25-13-10(11)4-9(19)5-24-13/h4-7H,3,8H2,1-2H3,(H,24,25)(H,27,30)(H,26,28,29). The van der Waals surface area contributed by atoms with Gasteiger partial charge in [-0.2, -0.15) is 13.2 Å². The SMILES string of the molecule is CCC(C)(Nc1nc(-c2c[nH]c3ncc(Cl)cc23)ncc1F)C(=O)NCC(F)(F)F. The number of aromatic amines is 1. The second-order valence-corrected chi connectivity index (χ2v) is 7.19. The van der Waals surface area contributed by atoms with E-state index in [0.717, 1.165) is 6.20 Å². The van der Waals surface area contributed by atoms with Gasteiger partial charge in [0.2, 0.25) is 5.91 Å². The molecule has 1 unspecified atom stereocenters. The Bertz CT molecular complexity index is 1090. The zero-order valence-electron chi connectivity index (χ0n) is 15.9. The van der Waals surface area contributed by atoms with Gasteiger partial charge >= 0.3 is 6.18 Å². The van der Waals surface area contributed by atoms with Crippen LogP contribution in [0.4, 0.5) is 23.4 Å². The van der Waals surface area contributed by atoms with Crippen LogP contribution >= 0.6 is 11.6 Å². The number of carbonyl (C=O) groups excluding carboxylic acids is 1. The highest BCUT2D eigenvalue weighted by molar-refractivity contribution is 6.31. The van der Waals surface area contributed by atoms with E-state index in [4.69, 9.17) is 11.6 Å². The molecular weight excluding hydrogens is 428 g/mol. The summed E-state index contributed by atoms with van der Waals surface area (Å²) in [5, 5.41) is 5.40. The van der Waals surface area contributed by atoms with E-state index < -0.39 is 30.0 Å². The van der Waals surface area contributed by atoms with E-state index in [1.54, 1.807) is 24.5 Å². The largest absolute Gasteiger partial charge is 0.405 e. The van der Waals surface area contributed by atoms with Gasteiger partial charge in [-0.15, -0.1) is 0 Å². The Labute approximate surface area is 173 Å². The molecule has 0 saturated carbocycles. The van der Waals surface area contributed by atoms with Gasteiger partial charge in [-0.3, -0.25) is 4.79 Å². The van der Waals surface area contributed by atoms with Crippen molar-refractivity contribution in [3.05, 3.63) is 35.5 Å². The lowest BCUT2D eigenvalue weighted by molar-refractivity contribution is -0.140. The number of alkyl halides is 3. The van der Waals surface area contributed by atoms with Crippen LogP contribution in [0.15, 0.2) is 24.7 Å². The molecule has 1 amide bonds. The predicted octanol–water partition coefficient (Wildman–Crippen LogP) is 4.07. The number of nitrogens with one attached hydrogen (secondary N) is 3. The number of amides is 1. The number of halogens is 5. The number of rotatable bonds is 6. The quantitative estimate of drug-likeness (QED) is 0.498. The summed E-state index contributed by atoms with van der Waals surface area (Å²) in [5.74, 6) is -2.01. The molecule has 3 aromatic rings. The molecule has 0 radical (unpaired) electrons. The molecule has 1 atom stereocenters. The maximum absolute atomic E-state index is 14.4. The molecule has 12 heteroatoms. The lowest BCUT2D eigenvalue weighted by Gasteiger charge is -2.29. The molecule has 3 heterocycles. The zero-order valence-corrected chi connectivity index (χ0v) is 16.6. The van der Waals surface area contributed by atoms with Crippen molar-refractivity contribution in [2.45, 2.75) is 32.0 Å². The number of nitrogens with zero attached hydrogens (tertiary/aromatic N) is 3. The number of H-pyrrole nitrogens is 1. The van der Waals surface area contributed by atoms with Gasteiger partial charge < -0.3 is 15.6 Å². The Morgan fingerprint density at radius 3 is 2.67 bits per heavy atom. The molecule has 0 aliphatic heterocycles. The second kappa shape index (κ2) is 8.05. The molecule has 3 rings (SSSR count). The van der Waals surface area contributed by atoms with Crippen molar-refractivity contribution in [3.63, 3.8) is 0 Å². The molecule has 3 N–H and O–H groups in total. The first kappa shape index (κ1) is 21.8. The Kier molecular flexibility index (Phi) is 5.84. The summed E-state index contributed by atoms with van der Waals surface area (Å²) in [6.45, 7) is 1.44. The highest BCUT2D eigenvalue weighted by Gasteiger charge is 2.36. The van der Waals surface area contributed by atoms with Crippen molar-refractivity contribution >= 4 is 34.4 Å². The van der Waals surface area contributed by atoms with E-state index in [9.17, 15) is 22.4 Å². The van der Waals surface area contributed by atoms with Gasteiger partial charge in [-0.1, -0.05) is 18.5 Å². The smallest absolute Gasteiger partial charge is 0.354 e. The third-order valence-electron chi connectivity index (χ3n) is 4.53. The summed E-state index contributed by atoms with van der Waals surface area (Å²) >= 11 is 5.98. The van der Waals surface area contributed by atoms with Crippen LogP contribution in [0.25, 0.3) is 22.4 Å². The fraction of sp³-hybridized carbons (Fsp3) is 0.333. The Balaban J connectivity index is 1.92. The number of anilines is 1. The molecule has 7 nitrogen and oxygen atoms in total. The second-order valence-electron chi connectivity index (χ2n) is 6.75. The number of aromatic nitrogens is 4. The lowest BCUT2D eigenvalue weighted by Crippen LogP contribution is -2.52. The van der Waals surface area contributed by atoms with Crippen molar-refractivity contribution in [1.82, 2.24) is 25.3 Å². The van der Waals surface area contributed by atoms with Crippen LogP contribution in [0.5, 0.6) is 0 Å². The van der Waals surface area contributed by atoms with Crippen LogP contribution in [0.3, 0.4) is 0 Å². The van der Waals surface area contributed by atoms with Crippen molar-refractivity contribution in [2.24, 2.45) is 0 Å². The van der Waals surface area contributed by atoms with E-state index in [2.05, 4.69) is 25.3 Å². The van der Waals surface area contributed by atoms with Crippen LogP contribution in [0.2, 0.25) is 5.02 Å². The van der Waals surface area contributed by atoms with Gasteiger partial charge in [0.1, 0.15) is 17.7 Å². The van der Waals surface area contributed by atoms with Gasteiger partial charge in [0.15, 0.2) is 17.5 Å². The summed E-state index contributed by atoms with van der Waals surface area (Å²) in [6.07, 6.45) is -0.565. The first-order chi connectivity index (χ1) is 14.0. The molecule has 0 aromatic carbocycles. The summed E-state index contributed by atoms with van der Waals surface area (Å²) < 4.78 is 51.7. The van der Waals surface area contributed by atoms with Crippen molar-refractivity contribution in [1.29, 1.82) is 0 Å². The molecule has 0 aliphatic carbocycles. The van der Waals surface area contributed by atoms with Gasteiger partial charge in [0, 0.05) is 23.3 Å². The first-order valence-corrected chi connectivity index (χ1v) is 9.19. The van der Waals surface area contributed by atoms with Crippen molar-refractivity contribution < 1.29 is 22.4 Å². The minimum atomic E-state index is -4.57. The molecular formula is C18H17ClF4N6O. The van der Waals surface area contributed by atoms with Gasteiger partial charge in [-0.25, -0.2) is 19.3 Å². The van der Waals surface area contributed by atoms with Gasteiger partial charge in [0.05, 0.1) is 11.2 Å². The number of carbonyl (C=O) groups is 1. The molecule has 3 aromatic heterocycles. The molecule has 0 fully saturated rings. The molecule has 0 spiro atoms. The summed E-state index contributed by atoms with van der Waals surface area (Å²) in [7, 11) is 0. The number of hydrogen-bond acceptors (Lipinski definition) is 5. The fourth-order valence-electron chi connectivity index (χ4n) is 2.69. The number of pyridine rings is 1. The topological polar surface area (TPSA) is 95.6 Å². The zero-order chi connectivity index (χ0) is 22.1. The predicted molar refractivity (Wildman–Crippen MR) is 103 cm³/mol. The molecule has 0 aliphatic rings. The first-order valence-electron chi connectivity index (χ1n) is 8.81. The van der Waals surface area contributed by atoms with E-state index in [1.165, 1.54) is 13.1 Å². The van der Waals surface area contributed by atoms with Crippen LogP contribution in [-0.2, 0) is 4.79 Å². The van der Waals surface area contributed by atoms with Crippen LogP contribution in [0, 0.1) is 5.82 Å². The van der Waals surface area contributed by atoms with E-state index in [1.807, 2.05) is 0 Å². The van der Waals surface area contributed by atoms with Crippen LogP contribution in [-0.4, -0.2) is 44.1 Å². The van der Waals surface area contributed by atoms with Gasteiger partial charge in [0.25, 0.3) is 0 Å². The highest BCUT2D eigenvalue weighted by Crippen LogP contribution is 2.29. The fourth-order valence-corrected chi connectivity index (χ4v) is 2.85. The molecule has 0 saturated heterocycles. The normalized spacial score (nSPS) is 13.8. The number of hydrogen-bond donors (Lipinski definition) is 3. The van der Waals surface area contributed by atoms with E-state index in [0.29, 0.717) is 21.6 Å². The summed E-state index contributed by atoms with van der Waals surface area (Å²) in [6, 6.07) is 1.64. The average Bonchev–Trinajstić information content (AvgIpc) is 3.10. The Morgan fingerprint density at radius 2 is 2.00 bits per heavy atom. The van der Waals surface area contributed by atoms with Gasteiger partial charge in [-0.05, 0) is 19.4 Å². The minimum Gasteiger partial charge on any atom is -0.354 e. The molecule has 30 heavy (non-hydrogen) atoms. The lowest BCUT2D eigenvalue weighted by atomic mass is 9.97. The van der Waals surface area contributed by atoms with Crippen LogP contribution < -0.4 is 10.6 Å². The summed E-state index contributed by atoms with van der Waals surface area (Å²) in [5.41, 5.74) is -0.535. The average molecular weight is 445 g/mol. The minimum absolute atomic E-state index is 0.0715. The highest BCUT2D eigenvalue weighted by atomic mass is 35.5. The summed E-state index contributed by atoms with van der Waals surface area (Å²) in [4.78, 5) is 27.5. The monoisotopic (exact) mass is 444 g/mol. The van der Waals surface area contributed by atoms with Crippen molar-refractivity contribution in [2.75, 3.05) is 11.9 Å². The molecule has 160 valence electrons. The number of fused-ring (bicyclic) bond motifs is 1. The van der Waals surface area contributed by atoms with E-state index >= 15 is 0 Å². The third kappa shape index (κ3) is 4.61.